The van der Waals surface area contributed by atoms with Gasteiger partial charge in [-0.15, -0.1) is 0 Å². The largest absolute Gasteiger partial charge is 0.439 e. The minimum absolute atomic E-state index is 0.157. The van der Waals surface area contributed by atoms with Crippen LogP contribution in [0.3, 0.4) is 0 Å². The molecule has 2 aromatic rings. The fraction of sp³-hybridized carbons (Fsp3) is 0.333. The van der Waals surface area contributed by atoms with Crippen molar-refractivity contribution >= 4 is 17.8 Å². The van der Waals surface area contributed by atoms with Crippen molar-refractivity contribution in [2.75, 3.05) is 6.54 Å². The van der Waals surface area contributed by atoms with Gasteiger partial charge < -0.3 is 4.42 Å². The Labute approximate surface area is 162 Å². The second-order valence-corrected chi connectivity index (χ2v) is 6.97. The lowest BCUT2D eigenvalue weighted by Gasteiger charge is -2.17. The summed E-state index contributed by atoms with van der Waals surface area (Å²) in [4.78, 5) is 43.2. The SMILES string of the molecule is O=C1C(=O)N(Cc2ncc(-c3ccccc3)o2)C(=O)N1CCC1=CCCCC1. The van der Waals surface area contributed by atoms with Crippen molar-refractivity contribution in [2.45, 2.75) is 38.6 Å². The zero-order valence-corrected chi connectivity index (χ0v) is 15.5. The van der Waals surface area contributed by atoms with E-state index in [-0.39, 0.29) is 19.0 Å². The zero-order valence-electron chi connectivity index (χ0n) is 15.5. The Morgan fingerprint density at radius 1 is 1.00 bits per heavy atom. The molecule has 4 amide bonds. The average Bonchev–Trinajstić information content (AvgIpc) is 3.28. The Morgan fingerprint density at radius 2 is 1.79 bits per heavy atom. The number of imide groups is 2. The molecule has 1 aromatic carbocycles. The quantitative estimate of drug-likeness (QED) is 0.436. The van der Waals surface area contributed by atoms with Gasteiger partial charge in [0.05, 0.1) is 6.20 Å². The Kier molecular flexibility index (Phi) is 5.06. The van der Waals surface area contributed by atoms with Gasteiger partial charge >= 0.3 is 17.8 Å². The van der Waals surface area contributed by atoms with Gasteiger partial charge in [0.1, 0.15) is 6.54 Å². The molecule has 0 atom stereocenters. The van der Waals surface area contributed by atoms with Crippen molar-refractivity contribution in [3.8, 4) is 11.3 Å². The molecule has 7 nitrogen and oxygen atoms in total. The van der Waals surface area contributed by atoms with Crippen LogP contribution in [-0.2, 0) is 16.1 Å². The number of benzene rings is 1. The Hall–Kier alpha value is -3.22. The summed E-state index contributed by atoms with van der Waals surface area (Å²) in [5, 5.41) is 0. The minimum Gasteiger partial charge on any atom is -0.439 e. The maximum absolute atomic E-state index is 12.6. The van der Waals surface area contributed by atoms with Crippen LogP contribution in [-0.4, -0.2) is 39.2 Å². The Morgan fingerprint density at radius 3 is 2.54 bits per heavy atom. The molecule has 0 saturated carbocycles. The highest BCUT2D eigenvalue weighted by Crippen LogP contribution is 2.24. The van der Waals surface area contributed by atoms with Gasteiger partial charge in [0.25, 0.3) is 0 Å². The van der Waals surface area contributed by atoms with E-state index in [1.165, 1.54) is 12.0 Å². The van der Waals surface area contributed by atoms with Crippen LogP contribution < -0.4 is 0 Å². The summed E-state index contributed by atoms with van der Waals surface area (Å²) in [5.41, 5.74) is 2.09. The van der Waals surface area contributed by atoms with Gasteiger partial charge in [-0.1, -0.05) is 42.0 Å². The number of aromatic nitrogens is 1. The molecule has 28 heavy (non-hydrogen) atoms. The molecular formula is C21H21N3O4. The number of amides is 4. The number of oxazole rings is 1. The van der Waals surface area contributed by atoms with Crippen molar-refractivity contribution in [3.05, 3.63) is 54.1 Å². The second kappa shape index (κ2) is 7.80. The van der Waals surface area contributed by atoms with Crippen molar-refractivity contribution in [3.63, 3.8) is 0 Å². The van der Waals surface area contributed by atoms with Crippen LogP contribution in [0.2, 0.25) is 0 Å². The number of hydrogen-bond acceptors (Lipinski definition) is 5. The number of rotatable bonds is 6. The molecular weight excluding hydrogens is 358 g/mol. The van der Waals surface area contributed by atoms with E-state index in [0.717, 1.165) is 34.6 Å². The van der Waals surface area contributed by atoms with Gasteiger partial charge in [-0.05, 0) is 32.1 Å². The fourth-order valence-corrected chi connectivity index (χ4v) is 3.53. The molecule has 4 rings (SSSR count). The second-order valence-electron chi connectivity index (χ2n) is 6.97. The maximum Gasteiger partial charge on any atom is 0.334 e. The molecule has 144 valence electrons. The van der Waals surface area contributed by atoms with E-state index in [0.29, 0.717) is 12.2 Å². The molecule has 1 aromatic heterocycles. The number of allylic oxidation sites excluding steroid dienone is 1. The number of hydrogen-bond donors (Lipinski definition) is 0. The third-order valence-corrected chi connectivity index (χ3v) is 5.08. The van der Waals surface area contributed by atoms with Crippen molar-refractivity contribution in [2.24, 2.45) is 0 Å². The van der Waals surface area contributed by atoms with E-state index in [9.17, 15) is 14.4 Å². The molecule has 0 radical (unpaired) electrons. The van der Waals surface area contributed by atoms with Crippen LogP contribution >= 0.6 is 0 Å². The number of urea groups is 1. The monoisotopic (exact) mass is 379 g/mol. The number of carbonyl (C=O) groups is 3. The summed E-state index contributed by atoms with van der Waals surface area (Å²) in [6.45, 7) is 0.0715. The van der Waals surface area contributed by atoms with Crippen LogP contribution in [0.25, 0.3) is 11.3 Å². The normalized spacial score (nSPS) is 17.4. The van der Waals surface area contributed by atoms with Crippen molar-refractivity contribution < 1.29 is 18.8 Å². The van der Waals surface area contributed by atoms with Gasteiger partial charge in [0.15, 0.2) is 5.76 Å². The summed E-state index contributed by atoms with van der Waals surface area (Å²) < 4.78 is 5.66. The van der Waals surface area contributed by atoms with Crippen LogP contribution in [0.5, 0.6) is 0 Å². The van der Waals surface area contributed by atoms with Crippen molar-refractivity contribution in [1.82, 2.24) is 14.8 Å². The average molecular weight is 379 g/mol. The van der Waals surface area contributed by atoms with E-state index in [4.69, 9.17) is 4.42 Å². The van der Waals surface area contributed by atoms with E-state index < -0.39 is 17.8 Å². The molecule has 2 aliphatic rings. The minimum atomic E-state index is -0.831. The highest BCUT2D eigenvalue weighted by molar-refractivity contribution is 6.44. The first-order valence-corrected chi connectivity index (χ1v) is 9.49. The predicted molar refractivity (Wildman–Crippen MR) is 101 cm³/mol. The molecule has 0 N–H and O–H groups in total. The molecule has 1 fully saturated rings. The van der Waals surface area contributed by atoms with E-state index in [1.807, 2.05) is 30.3 Å². The lowest BCUT2D eigenvalue weighted by molar-refractivity contribution is -0.143. The van der Waals surface area contributed by atoms with Crippen LogP contribution in [0.1, 0.15) is 38.0 Å². The maximum atomic E-state index is 12.6. The summed E-state index contributed by atoms with van der Waals surface area (Å²) in [7, 11) is 0. The first-order valence-electron chi connectivity index (χ1n) is 9.49. The van der Waals surface area contributed by atoms with Gasteiger partial charge in [-0.3, -0.25) is 14.5 Å². The third-order valence-electron chi connectivity index (χ3n) is 5.08. The highest BCUT2D eigenvalue weighted by Gasteiger charge is 2.44. The van der Waals surface area contributed by atoms with Crippen molar-refractivity contribution in [1.29, 1.82) is 0 Å². The summed E-state index contributed by atoms with van der Waals surface area (Å²) in [6.07, 6.45) is 8.68. The van der Waals surface area contributed by atoms with Crippen LogP contribution in [0, 0.1) is 0 Å². The topological polar surface area (TPSA) is 83.7 Å². The molecule has 0 bridgehead atoms. The highest BCUT2D eigenvalue weighted by atomic mass is 16.4. The molecule has 0 unspecified atom stereocenters. The van der Waals surface area contributed by atoms with E-state index in [2.05, 4.69) is 11.1 Å². The first kappa shape index (κ1) is 18.2. The van der Waals surface area contributed by atoms with Gasteiger partial charge in [0.2, 0.25) is 5.89 Å². The predicted octanol–water partition coefficient (Wildman–Crippen LogP) is 3.52. The molecule has 2 heterocycles. The summed E-state index contributed by atoms with van der Waals surface area (Å²) >= 11 is 0. The molecule has 7 heteroatoms. The molecule has 1 aliphatic carbocycles. The van der Waals surface area contributed by atoms with Gasteiger partial charge in [-0.2, -0.15) is 0 Å². The molecule has 0 spiro atoms. The Bertz CT molecular complexity index is 932. The van der Waals surface area contributed by atoms with Gasteiger partial charge in [-0.25, -0.2) is 14.7 Å². The van der Waals surface area contributed by atoms with Crippen LogP contribution in [0.15, 0.2) is 52.6 Å². The first-order chi connectivity index (χ1) is 13.6. The summed E-state index contributed by atoms with van der Waals surface area (Å²) in [5.74, 6) is -0.856. The fourth-order valence-electron chi connectivity index (χ4n) is 3.53. The molecule has 1 aliphatic heterocycles. The van der Waals surface area contributed by atoms with Gasteiger partial charge in [0, 0.05) is 12.1 Å². The van der Waals surface area contributed by atoms with E-state index >= 15 is 0 Å². The zero-order chi connectivity index (χ0) is 19.5. The summed E-state index contributed by atoms with van der Waals surface area (Å²) in [6, 6.07) is 8.80. The van der Waals surface area contributed by atoms with Crippen LogP contribution in [0.4, 0.5) is 4.79 Å². The third kappa shape index (κ3) is 3.60. The van der Waals surface area contributed by atoms with E-state index in [1.54, 1.807) is 6.20 Å². The Balaban J connectivity index is 1.43. The molecule has 1 saturated heterocycles. The lowest BCUT2D eigenvalue weighted by atomic mass is 9.97. The lowest BCUT2D eigenvalue weighted by Crippen LogP contribution is -2.34. The number of carbonyl (C=O) groups excluding carboxylic acids is 3. The smallest absolute Gasteiger partial charge is 0.334 e. The number of nitrogens with zero attached hydrogens (tertiary/aromatic N) is 3. The standard InChI is InChI=1S/C21H21N3O4/c25-19-20(26)24(21(27)23(19)12-11-15-7-3-1-4-8-15)14-18-22-13-17(28-18)16-9-5-2-6-10-16/h2,5-7,9-10,13H,1,3-4,8,11-12,14H2.